The average molecular weight is 697 g/mol. The minimum Gasteiger partial charge on any atom is -0.481 e. The van der Waals surface area contributed by atoms with Crippen LogP contribution in [0.15, 0.2) is 4.79 Å². The molecule has 5 fully saturated rings. The quantitative estimate of drug-likeness (QED) is 0.361. The lowest BCUT2D eigenvalue weighted by Gasteiger charge is -2.47. The zero-order valence-corrected chi connectivity index (χ0v) is 29.3. The second-order valence-corrected chi connectivity index (χ2v) is 17.4. The third-order valence-corrected chi connectivity index (χ3v) is 14.6. The molecular weight excluding hydrogens is 646 g/mol. The number of carboxylic acid groups (broad SMARTS) is 1. The number of hydrogen-bond acceptors (Lipinski definition) is 7. The smallest absolute Gasteiger partial charge is 0.308 e. The number of thioether (sulfide) groups is 1. The number of aliphatic carboxylic acids is 1. The van der Waals surface area contributed by atoms with Crippen LogP contribution in [0.1, 0.15) is 81.8 Å². The highest BCUT2D eigenvalue weighted by Crippen LogP contribution is 2.50. The van der Waals surface area contributed by atoms with E-state index in [9.17, 15) is 23.5 Å². The monoisotopic (exact) mass is 696 g/mol. The molecule has 4 heterocycles. The Kier molecular flexibility index (Phi) is 10.0. The standard InChI is InChI=1S/C35H51ClF2N4O4S/c1-19-13-26(32-31(39-19)28(18-47-32)34(44)45)25-14-23(36)3-6-30(25)46-12-11-42-20(2)40-29-5-4-24(15-27(29)33(42)43)41-9-7-21(8-10-41)22-16-35(37,38)17-22/h19,21-26,28,30-32,39H,3-18H2,1-2H3,(H,44,45). The molecule has 262 valence electrons. The van der Waals surface area contributed by atoms with Crippen molar-refractivity contribution < 1.29 is 23.4 Å². The summed E-state index contributed by atoms with van der Waals surface area (Å²) in [7, 11) is 0. The van der Waals surface area contributed by atoms with E-state index in [4.69, 9.17) is 21.3 Å². The Balaban J connectivity index is 0.981. The minimum absolute atomic E-state index is 0.0311. The van der Waals surface area contributed by atoms with E-state index in [0.717, 1.165) is 81.5 Å². The molecule has 1 aromatic heterocycles. The zero-order chi connectivity index (χ0) is 33.0. The van der Waals surface area contributed by atoms with Crippen LogP contribution >= 0.6 is 23.4 Å². The van der Waals surface area contributed by atoms with Gasteiger partial charge in [-0.3, -0.25) is 14.2 Å². The molecule has 0 radical (unpaired) electrons. The van der Waals surface area contributed by atoms with E-state index in [2.05, 4.69) is 17.1 Å². The van der Waals surface area contributed by atoms with E-state index in [-0.39, 0.29) is 65.0 Å². The van der Waals surface area contributed by atoms with E-state index in [1.54, 1.807) is 16.3 Å². The molecule has 0 amide bonds. The number of ether oxygens (including phenoxy) is 1. The number of carboxylic acids is 1. The Hall–Kier alpha value is -1.27. The largest absolute Gasteiger partial charge is 0.481 e. The Morgan fingerprint density at radius 2 is 1.89 bits per heavy atom. The van der Waals surface area contributed by atoms with Gasteiger partial charge in [0.1, 0.15) is 5.82 Å². The topological polar surface area (TPSA) is 96.7 Å². The van der Waals surface area contributed by atoms with Gasteiger partial charge in [-0.25, -0.2) is 13.8 Å². The van der Waals surface area contributed by atoms with E-state index < -0.39 is 11.9 Å². The van der Waals surface area contributed by atoms with Crippen molar-refractivity contribution >= 4 is 29.3 Å². The van der Waals surface area contributed by atoms with Gasteiger partial charge in [0.15, 0.2) is 0 Å². The number of hydrogen-bond donors (Lipinski definition) is 2. The van der Waals surface area contributed by atoms with Crippen LogP contribution in [0.5, 0.6) is 0 Å². The first-order valence-electron chi connectivity index (χ1n) is 18.0. The van der Waals surface area contributed by atoms with E-state index in [1.165, 1.54) is 0 Å². The van der Waals surface area contributed by atoms with Crippen LogP contribution in [0.4, 0.5) is 8.78 Å². The lowest BCUT2D eigenvalue weighted by Crippen LogP contribution is -2.57. The molecule has 8 nitrogen and oxygen atoms in total. The lowest BCUT2D eigenvalue weighted by molar-refractivity contribution is -0.142. The van der Waals surface area contributed by atoms with Crippen LogP contribution in [0.2, 0.25) is 0 Å². The van der Waals surface area contributed by atoms with Crippen molar-refractivity contribution in [1.29, 1.82) is 0 Å². The number of fused-ring (bicyclic) bond motifs is 2. The number of aryl methyl sites for hydroxylation is 2. The number of rotatable bonds is 8. The van der Waals surface area contributed by atoms with E-state index >= 15 is 0 Å². The molecular formula is C35H51ClF2N4O4S. The van der Waals surface area contributed by atoms with Crippen LogP contribution < -0.4 is 10.9 Å². The Morgan fingerprint density at radius 3 is 2.62 bits per heavy atom. The second-order valence-electron chi connectivity index (χ2n) is 15.6. The Morgan fingerprint density at radius 1 is 1.13 bits per heavy atom. The van der Waals surface area contributed by atoms with Crippen molar-refractivity contribution in [3.63, 3.8) is 0 Å². The van der Waals surface area contributed by atoms with Crippen LogP contribution in [0, 0.1) is 36.5 Å². The van der Waals surface area contributed by atoms with Crippen molar-refractivity contribution in [2.75, 3.05) is 25.4 Å². The fourth-order valence-electron chi connectivity index (χ4n) is 10.1. The number of aromatic nitrogens is 2. The summed E-state index contributed by atoms with van der Waals surface area (Å²) in [6.07, 6.45) is 8.19. The first-order chi connectivity index (χ1) is 22.5. The van der Waals surface area contributed by atoms with Crippen LogP contribution in [0.3, 0.4) is 0 Å². The van der Waals surface area contributed by atoms with Crippen molar-refractivity contribution in [3.8, 4) is 0 Å². The minimum atomic E-state index is -2.45. The third kappa shape index (κ3) is 7.04. The molecule has 7 rings (SSSR count). The van der Waals surface area contributed by atoms with Gasteiger partial charge in [-0.1, -0.05) is 0 Å². The van der Waals surface area contributed by atoms with Gasteiger partial charge in [-0.05, 0) is 108 Å². The normalized spacial score (nSPS) is 38.0. The fraction of sp³-hybridized carbons (Fsp3) is 0.857. The number of carbonyl (C=O) groups is 1. The molecule has 0 aromatic carbocycles. The highest BCUT2D eigenvalue weighted by Gasteiger charge is 2.52. The molecule has 47 heavy (non-hydrogen) atoms. The first-order valence-corrected chi connectivity index (χ1v) is 19.5. The van der Waals surface area contributed by atoms with Gasteiger partial charge < -0.3 is 20.1 Å². The zero-order valence-electron chi connectivity index (χ0n) is 27.7. The van der Waals surface area contributed by atoms with E-state index in [0.29, 0.717) is 43.2 Å². The predicted molar refractivity (Wildman–Crippen MR) is 180 cm³/mol. The number of nitrogens with one attached hydrogen (secondary N) is 1. The maximum Gasteiger partial charge on any atom is 0.308 e. The highest BCUT2D eigenvalue weighted by molar-refractivity contribution is 8.00. The van der Waals surface area contributed by atoms with Crippen molar-refractivity contribution in [3.05, 3.63) is 27.4 Å². The van der Waals surface area contributed by atoms with Gasteiger partial charge in [0, 0.05) is 52.9 Å². The first kappa shape index (κ1) is 34.2. The van der Waals surface area contributed by atoms with Gasteiger partial charge in [0.05, 0.1) is 30.9 Å². The van der Waals surface area contributed by atoms with Gasteiger partial charge in [0.25, 0.3) is 5.56 Å². The third-order valence-electron chi connectivity index (χ3n) is 12.6. The average Bonchev–Trinajstić information content (AvgIpc) is 3.46. The molecule has 9 unspecified atom stereocenters. The Bertz CT molecular complexity index is 1370. The van der Waals surface area contributed by atoms with E-state index in [1.807, 2.05) is 6.92 Å². The summed E-state index contributed by atoms with van der Waals surface area (Å²) in [5.74, 6) is -1.000. The summed E-state index contributed by atoms with van der Waals surface area (Å²) in [6, 6.07) is 0.508. The van der Waals surface area contributed by atoms with Crippen LogP contribution in [-0.2, 0) is 28.9 Å². The predicted octanol–water partition coefficient (Wildman–Crippen LogP) is 5.14. The van der Waals surface area contributed by atoms with Gasteiger partial charge in [0.2, 0.25) is 5.92 Å². The van der Waals surface area contributed by atoms with Gasteiger partial charge in [-0.2, -0.15) is 11.8 Å². The summed E-state index contributed by atoms with van der Waals surface area (Å²) in [5.41, 5.74) is 1.80. The molecule has 1 aromatic rings. The fourth-order valence-corrected chi connectivity index (χ4v) is 12.2. The van der Waals surface area contributed by atoms with Crippen molar-refractivity contribution in [2.45, 2.75) is 132 Å². The maximum atomic E-state index is 13.9. The number of alkyl halides is 3. The molecule has 3 aliphatic heterocycles. The lowest BCUT2D eigenvalue weighted by atomic mass is 9.69. The summed E-state index contributed by atoms with van der Waals surface area (Å²) in [4.78, 5) is 33.3. The summed E-state index contributed by atoms with van der Waals surface area (Å²) < 4.78 is 35.3. The molecule has 12 heteroatoms. The molecule has 2 saturated carbocycles. The molecule has 3 aliphatic carbocycles. The summed E-state index contributed by atoms with van der Waals surface area (Å²) >= 11 is 8.54. The SMILES string of the molecule is Cc1nc2c(c(=O)n1CCOC1CCC(Cl)CC1C1CC(C)NC3C(C(=O)O)CSC13)CC(N1CCC(C3CC(F)(F)C3)CC1)CC2. The second kappa shape index (κ2) is 13.8. The summed E-state index contributed by atoms with van der Waals surface area (Å²) in [5, 5.41) is 13.8. The molecule has 2 N–H and O–H groups in total. The van der Waals surface area contributed by atoms with Gasteiger partial charge in [-0.15, -0.1) is 11.6 Å². The van der Waals surface area contributed by atoms with Crippen LogP contribution in [-0.4, -0.2) is 91.8 Å². The summed E-state index contributed by atoms with van der Waals surface area (Å²) in [6.45, 7) is 6.79. The maximum absolute atomic E-state index is 13.9. The van der Waals surface area contributed by atoms with Crippen LogP contribution in [0.25, 0.3) is 0 Å². The van der Waals surface area contributed by atoms with Gasteiger partial charge >= 0.3 is 5.97 Å². The molecule has 3 saturated heterocycles. The van der Waals surface area contributed by atoms with Crippen molar-refractivity contribution in [2.24, 2.45) is 29.6 Å². The number of piperidine rings is 2. The number of likely N-dealkylation sites (tertiary alicyclic amines) is 1. The number of nitrogens with zero attached hydrogens (tertiary/aromatic N) is 3. The van der Waals surface area contributed by atoms with Crippen molar-refractivity contribution in [1.82, 2.24) is 19.8 Å². The highest BCUT2D eigenvalue weighted by atomic mass is 35.5. The molecule has 6 aliphatic rings. The number of halogens is 3. The molecule has 9 atom stereocenters. The Labute approximate surface area is 286 Å². The molecule has 0 spiro atoms. The molecule has 0 bridgehead atoms.